The minimum Gasteiger partial charge on any atom is -0.484 e. The molecule has 1 atom stereocenters. The molecule has 0 radical (unpaired) electrons. The zero-order chi connectivity index (χ0) is 23.7. The van der Waals surface area contributed by atoms with Crippen molar-refractivity contribution in [3.8, 4) is 5.75 Å². The predicted octanol–water partition coefficient (Wildman–Crippen LogP) is 3.44. The molecule has 1 aromatic carbocycles. The lowest BCUT2D eigenvalue weighted by Gasteiger charge is -2.34. The molecule has 1 unspecified atom stereocenters. The van der Waals surface area contributed by atoms with E-state index < -0.39 is 30.2 Å². The number of nitrogen functional groups attached to an aromatic ring is 1. The fourth-order valence-electron chi connectivity index (χ4n) is 3.25. The van der Waals surface area contributed by atoms with E-state index in [0.29, 0.717) is 6.54 Å². The first-order valence-electron chi connectivity index (χ1n) is 10.3. The van der Waals surface area contributed by atoms with Crippen molar-refractivity contribution in [3.05, 3.63) is 35.3 Å². The van der Waals surface area contributed by atoms with Crippen LogP contribution in [-0.4, -0.2) is 60.6 Å². The molecule has 5 N–H and O–H groups in total. The van der Waals surface area contributed by atoms with Gasteiger partial charge in [0.2, 0.25) is 0 Å². The van der Waals surface area contributed by atoms with Crippen LogP contribution in [0, 0.1) is 16.6 Å². The van der Waals surface area contributed by atoms with Crippen LogP contribution in [0.4, 0.5) is 23.2 Å². The summed E-state index contributed by atoms with van der Waals surface area (Å²) in [6, 6.07) is 2.43. The van der Waals surface area contributed by atoms with Crippen LogP contribution in [0.1, 0.15) is 32.3 Å². The summed E-state index contributed by atoms with van der Waals surface area (Å²) in [5.74, 6) is -0.864. The minimum atomic E-state index is -4.53. The smallest absolute Gasteiger partial charge is 0.416 e. The zero-order valence-corrected chi connectivity index (χ0v) is 17.9. The van der Waals surface area contributed by atoms with Gasteiger partial charge in [-0.1, -0.05) is 0 Å². The Labute approximate surface area is 183 Å². The number of alkyl halides is 3. The molecule has 1 heterocycles. The first-order valence-corrected chi connectivity index (χ1v) is 10.3. The van der Waals surface area contributed by atoms with Gasteiger partial charge in [-0.05, 0) is 32.8 Å². The van der Waals surface area contributed by atoms with Crippen molar-refractivity contribution in [1.82, 2.24) is 10.2 Å². The zero-order valence-electron chi connectivity index (χ0n) is 17.9. The molecule has 1 saturated carbocycles. The van der Waals surface area contributed by atoms with E-state index in [4.69, 9.17) is 26.0 Å². The van der Waals surface area contributed by atoms with Gasteiger partial charge in [-0.2, -0.15) is 13.2 Å². The number of likely N-dealkylation sites (N-methyl/N-ethyl adjacent to an activating group) is 1. The van der Waals surface area contributed by atoms with E-state index in [1.54, 1.807) is 6.92 Å². The number of anilines is 1. The number of nitrogens with zero attached hydrogens (tertiary/aromatic N) is 1. The highest BCUT2D eigenvalue weighted by Crippen LogP contribution is 2.41. The summed E-state index contributed by atoms with van der Waals surface area (Å²) in [4.78, 5) is 1.24. The van der Waals surface area contributed by atoms with Gasteiger partial charge in [-0.15, -0.1) is 0 Å². The molecule has 2 fully saturated rings. The molecule has 0 bridgehead atoms. The molecule has 32 heavy (non-hydrogen) atoms. The Morgan fingerprint density at radius 2 is 2.06 bits per heavy atom. The Morgan fingerprint density at radius 3 is 2.66 bits per heavy atom. The second-order valence-electron chi connectivity index (χ2n) is 8.12. The molecule has 1 aromatic rings. The fourth-order valence-corrected chi connectivity index (χ4v) is 3.25. The van der Waals surface area contributed by atoms with Gasteiger partial charge in [-0.25, -0.2) is 4.39 Å². The van der Waals surface area contributed by atoms with Gasteiger partial charge < -0.3 is 25.4 Å². The first-order chi connectivity index (χ1) is 14.9. The lowest BCUT2D eigenvalue weighted by Crippen LogP contribution is -2.50. The number of benzene rings is 1. The van der Waals surface area contributed by atoms with E-state index in [1.807, 2.05) is 6.92 Å². The third-order valence-electron chi connectivity index (χ3n) is 5.37. The van der Waals surface area contributed by atoms with Gasteiger partial charge in [0.05, 0.1) is 24.6 Å². The van der Waals surface area contributed by atoms with Crippen molar-refractivity contribution in [1.29, 1.82) is 10.8 Å². The molecule has 0 spiro atoms. The summed E-state index contributed by atoms with van der Waals surface area (Å²) in [6.07, 6.45) is -3.65. The van der Waals surface area contributed by atoms with Gasteiger partial charge in [0.25, 0.3) is 0 Å². The van der Waals surface area contributed by atoms with Crippen LogP contribution in [0.5, 0.6) is 5.75 Å². The summed E-state index contributed by atoms with van der Waals surface area (Å²) >= 11 is 0. The fraction of sp³-hybridized carbons (Fsp3) is 0.524. The maximum Gasteiger partial charge on any atom is 0.416 e. The molecule has 7 nitrogen and oxygen atoms in total. The van der Waals surface area contributed by atoms with Gasteiger partial charge in [0.1, 0.15) is 11.4 Å². The van der Waals surface area contributed by atoms with Crippen LogP contribution in [0.2, 0.25) is 0 Å². The number of amidine groups is 1. The first kappa shape index (κ1) is 23.8. The maximum absolute atomic E-state index is 14.3. The number of hydrogen-bond donors (Lipinski definition) is 4. The van der Waals surface area contributed by atoms with Crippen molar-refractivity contribution >= 4 is 17.2 Å². The van der Waals surface area contributed by atoms with E-state index >= 15 is 0 Å². The number of ether oxygens (including phenoxy) is 2. The topological polar surface area (TPSA) is 107 Å². The Bertz CT molecular complexity index is 928. The number of halogens is 4. The number of morpholine rings is 1. The van der Waals surface area contributed by atoms with Gasteiger partial charge in [0.15, 0.2) is 17.7 Å². The Hall–Kier alpha value is -2.82. The molecule has 176 valence electrons. The third kappa shape index (κ3) is 5.50. The number of nitrogens with one attached hydrogen (secondary N) is 3. The SMILES string of the molecule is CCNC(=CC(=N)N1CCOC(C(F)(F)F)C1)C(=N)c1cc(OC2(C)CC2)c(F)cc1N. The molecule has 3 rings (SSSR count). The second kappa shape index (κ2) is 8.97. The van der Waals surface area contributed by atoms with Crippen molar-refractivity contribution in [3.63, 3.8) is 0 Å². The molecule has 1 aliphatic heterocycles. The van der Waals surface area contributed by atoms with E-state index in [1.165, 1.54) is 17.0 Å². The lowest BCUT2D eigenvalue weighted by atomic mass is 10.0. The molecular formula is C21H27F4N5O2. The Kier molecular flexibility index (Phi) is 6.68. The summed E-state index contributed by atoms with van der Waals surface area (Å²) in [5.41, 5.74) is 5.77. The van der Waals surface area contributed by atoms with Gasteiger partial charge in [0, 0.05) is 36.5 Å². The minimum absolute atomic E-state index is 0.0136. The number of hydrogen-bond acceptors (Lipinski definition) is 6. The highest BCUT2D eigenvalue weighted by Gasteiger charge is 2.44. The normalized spacial score (nSPS) is 20.6. The molecule has 1 saturated heterocycles. The van der Waals surface area contributed by atoms with E-state index in [-0.39, 0.29) is 47.4 Å². The lowest BCUT2D eigenvalue weighted by molar-refractivity contribution is -0.232. The highest BCUT2D eigenvalue weighted by atomic mass is 19.4. The summed E-state index contributed by atoms with van der Waals surface area (Å²) in [6.45, 7) is 3.45. The number of allylic oxidation sites excluding steroid dienone is 1. The van der Waals surface area contributed by atoms with Crippen LogP contribution in [0.25, 0.3) is 0 Å². The molecule has 11 heteroatoms. The summed E-state index contributed by atoms with van der Waals surface area (Å²) in [5, 5.41) is 19.8. The van der Waals surface area contributed by atoms with Crippen LogP contribution in [0.3, 0.4) is 0 Å². The van der Waals surface area contributed by atoms with Crippen LogP contribution >= 0.6 is 0 Å². The predicted molar refractivity (Wildman–Crippen MR) is 113 cm³/mol. The number of rotatable bonds is 7. The molecule has 0 aromatic heterocycles. The number of nitrogens with two attached hydrogens (primary N) is 1. The van der Waals surface area contributed by atoms with Crippen molar-refractivity contribution in [2.45, 2.75) is 44.6 Å². The van der Waals surface area contributed by atoms with Crippen LogP contribution in [0.15, 0.2) is 23.9 Å². The molecule has 2 aliphatic rings. The third-order valence-corrected chi connectivity index (χ3v) is 5.37. The van der Waals surface area contributed by atoms with E-state index in [2.05, 4.69) is 5.32 Å². The summed E-state index contributed by atoms with van der Waals surface area (Å²) < 4.78 is 63.8. The molecule has 1 aliphatic carbocycles. The summed E-state index contributed by atoms with van der Waals surface area (Å²) in [7, 11) is 0. The second-order valence-corrected chi connectivity index (χ2v) is 8.12. The van der Waals surface area contributed by atoms with Gasteiger partial charge in [-0.3, -0.25) is 10.8 Å². The molecule has 0 amide bonds. The highest BCUT2D eigenvalue weighted by molar-refractivity contribution is 6.15. The maximum atomic E-state index is 14.3. The van der Waals surface area contributed by atoms with E-state index in [0.717, 1.165) is 18.9 Å². The van der Waals surface area contributed by atoms with Crippen molar-refractivity contribution in [2.75, 3.05) is 32.0 Å². The average Bonchev–Trinajstić information content (AvgIpc) is 3.45. The monoisotopic (exact) mass is 457 g/mol. The van der Waals surface area contributed by atoms with Gasteiger partial charge >= 0.3 is 6.18 Å². The van der Waals surface area contributed by atoms with Crippen LogP contribution < -0.4 is 15.8 Å². The Morgan fingerprint density at radius 1 is 1.38 bits per heavy atom. The van der Waals surface area contributed by atoms with Crippen molar-refractivity contribution in [2.24, 2.45) is 0 Å². The van der Waals surface area contributed by atoms with Crippen molar-refractivity contribution < 1.29 is 27.0 Å². The van der Waals surface area contributed by atoms with E-state index in [9.17, 15) is 17.6 Å². The Balaban J connectivity index is 1.84. The van der Waals surface area contributed by atoms with Crippen LogP contribution in [-0.2, 0) is 4.74 Å². The molecular weight excluding hydrogens is 430 g/mol. The largest absolute Gasteiger partial charge is 0.484 e. The quantitative estimate of drug-likeness (QED) is 0.217. The standard InChI is InChI=1S/C21H27F4N5O2/c1-3-29-15(10-18(27)30-6-7-31-17(11-30)21(23,24)25)19(28)12-8-16(13(22)9-14(12)26)32-20(2)4-5-20/h8-10,17,27-29H,3-7,11,26H2,1-2H3. The average molecular weight is 457 g/mol.